The van der Waals surface area contributed by atoms with Crippen molar-refractivity contribution in [3.63, 3.8) is 0 Å². The van der Waals surface area contributed by atoms with Crippen molar-refractivity contribution in [3.05, 3.63) is 12.7 Å². The third-order valence-corrected chi connectivity index (χ3v) is 9.90. The van der Waals surface area contributed by atoms with Gasteiger partial charge in [-0.15, -0.1) is 18.3 Å². The summed E-state index contributed by atoms with van der Waals surface area (Å²) in [7, 11) is 0. The summed E-state index contributed by atoms with van der Waals surface area (Å²) in [5.41, 5.74) is 0. The van der Waals surface area contributed by atoms with Crippen LogP contribution in [0.25, 0.3) is 0 Å². The maximum Gasteiger partial charge on any atom is 0.308 e. The summed E-state index contributed by atoms with van der Waals surface area (Å²) in [5.74, 6) is -3.06. The number of carbonyl (C=O) groups excluding carboxylic acids is 2. The van der Waals surface area contributed by atoms with Gasteiger partial charge >= 0.3 is 5.97 Å². The quantitative estimate of drug-likeness (QED) is 0.269. The van der Waals surface area contributed by atoms with Gasteiger partial charge in [-0.1, -0.05) is 41.8 Å². The van der Waals surface area contributed by atoms with Crippen LogP contribution in [0.5, 0.6) is 0 Å². The van der Waals surface area contributed by atoms with Crippen LogP contribution in [0.15, 0.2) is 12.7 Å². The van der Waals surface area contributed by atoms with E-state index in [1.165, 1.54) is 16.7 Å². The van der Waals surface area contributed by atoms with Crippen molar-refractivity contribution >= 4 is 45.5 Å². The van der Waals surface area contributed by atoms with Crippen molar-refractivity contribution in [1.82, 2.24) is 9.80 Å². The van der Waals surface area contributed by atoms with Gasteiger partial charge in [0, 0.05) is 23.2 Å². The van der Waals surface area contributed by atoms with E-state index in [4.69, 9.17) is 0 Å². The average Bonchev–Trinajstić information content (AvgIpc) is 3.30. The number of aliphatic carboxylic acids is 1. The number of hydrogen-bond donors (Lipinski definition) is 2. The van der Waals surface area contributed by atoms with Gasteiger partial charge < -0.3 is 20.0 Å². The van der Waals surface area contributed by atoms with Crippen molar-refractivity contribution < 1.29 is 24.6 Å². The SMILES string of the molecule is C=CCN(CCCCC)C(=O)C1N([C@H](C)CO)C(=O)[C@@H]2[C@@H](C(=O)O)[C@@H]3SC12CC3Br. The van der Waals surface area contributed by atoms with Crippen molar-refractivity contribution in [1.29, 1.82) is 0 Å². The molecule has 168 valence electrons. The molecule has 0 saturated carbocycles. The molecule has 3 fully saturated rings. The number of unbranched alkanes of at least 4 members (excludes halogenated alkanes) is 2. The van der Waals surface area contributed by atoms with Crippen LogP contribution in [0.2, 0.25) is 0 Å². The fourth-order valence-corrected chi connectivity index (χ4v) is 8.95. The number of thioether (sulfide) groups is 1. The van der Waals surface area contributed by atoms with Crippen molar-refractivity contribution in [2.24, 2.45) is 11.8 Å². The standard InChI is InChI=1S/C21H31BrN2O5S/c1-4-6-7-9-23(8-5-2)19(27)17-21-10-13(22)16(30-21)14(20(28)29)15(21)18(26)24(17)12(3)11-25/h5,12-17,25H,2,4,6-11H2,1,3H3,(H,28,29)/t12-,13?,14-,15+,16-,17?,21?/m1/s1. The number of halogens is 1. The minimum Gasteiger partial charge on any atom is -0.481 e. The van der Waals surface area contributed by atoms with Crippen molar-refractivity contribution in [2.45, 2.75) is 66.4 Å². The first-order valence-corrected chi connectivity index (χ1v) is 12.4. The summed E-state index contributed by atoms with van der Waals surface area (Å²) in [6.07, 6.45) is 5.13. The van der Waals surface area contributed by atoms with Gasteiger partial charge in [-0.3, -0.25) is 14.4 Å². The van der Waals surface area contributed by atoms with E-state index in [1.54, 1.807) is 17.9 Å². The number of rotatable bonds is 10. The number of carboxylic acids is 1. The number of aliphatic hydroxyl groups excluding tert-OH is 1. The van der Waals surface area contributed by atoms with Gasteiger partial charge in [-0.05, 0) is 19.8 Å². The van der Waals surface area contributed by atoms with Crippen LogP contribution in [0, 0.1) is 11.8 Å². The Hall–Kier alpha value is -1.06. The number of hydrogen-bond acceptors (Lipinski definition) is 5. The van der Waals surface area contributed by atoms with Gasteiger partial charge in [0.15, 0.2) is 0 Å². The minimum absolute atomic E-state index is 0.0692. The summed E-state index contributed by atoms with van der Waals surface area (Å²) in [4.78, 5) is 42.6. The molecule has 7 atom stereocenters. The lowest BCUT2D eigenvalue weighted by atomic mass is 9.71. The predicted molar refractivity (Wildman–Crippen MR) is 120 cm³/mol. The molecule has 9 heteroatoms. The molecular weight excluding hydrogens is 472 g/mol. The zero-order valence-electron chi connectivity index (χ0n) is 17.5. The monoisotopic (exact) mass is 502 g/mol. The number of amides is 2. The molecule has 0 aromatic carbocycles. The summed E-state index contributed by atoms with van der Waals surface area (Å²) in [5, 5.41) is 19.5. The molecule has 1 spiro atoms. The summed E-state index contributed by atoms with van der Waals surface area (Å²) >= 11 is 5.11. The van der Waals surface area contributed by atoms with Gasteiger partial charge in [-0.2, -0.15) is 0 Å². The highest BCUT2D eigenvalue weighted by Gasteiger charge is 2.76. The Morgan fingerprint density at radius 3 is 2.73 bits per heavy atom. The van der Waals surface area contributed by atoms with E-state index in [-0.39, 0.29) is 28.5 Å². The second-order valence-corrected chi connectivity index (χ2v) is 11.3. The Morgan fingerprint density at radius 1 is 1.47 bits per heavy atom. The number of carbonyl (C=O) groups is 3. The highest BCUT2D eigenvalue weighted by atomic mass is 79.9. The normalized spacial score (nSPS) is 35.4. The van der Waals surface area contributed by atoms with E-state index >= 15 is 0 Å². The van der Waals surface area contributed by atoms with Crippen LogP contribution in [0.1, 0.15) is 39.5 Å². The van der Waals surface area contributed by atoms with Crippen molar-refractivity contribution in [2.75, 3.05) is 19.7 Å². The Labute approximate surface area is 190 Å². The number of carboxylic acid groups (broad SMARTS) is 1. The molecule has 0 radical (unpaired) electrons. The Balaban J connectivity index is 2.03. The third kappa shape index (κ3) is 3.60. The highest BCUT2D eigenvalue weighted by molar-refractivity contribution is 9.09. The number of aliphatic hydroxyl groups is 1. The summed E-state index contributed by atoms with van der Waals surface area (Å²) < 4.78 is -0.788. The topological polar surface area (TPSA) is 98.2 Å². The smallest absolute Gasteiger partial charge is 0.308 e. The Bertz CT molecular complexity index is 722. The minimum atomic E-state index is -0.993. The van der Waals surface area contributed by atoms with Gasteiger partial charge in [0.25, 0.3) is 0 Å². The molecule has 3 heterocycles. The van der Waals surface area contributed by atoms with E-state index in [2.05, 4.69) is 29.4 Å². The van der Waals surface area contributed by atoms with Gasteiger partial charge in [0.2, 0.25) is 11.8 Å². The summed E-state index contributed by atoms with van der Waals surface area (Å²) in [6, 6.07) is -1.34. The molecule has 3 saturated heterocycles. The van der Waals surface area contributed by atoms with Crippen LogP contribution >= 0.6 is 27.7 Å². The van der Waals surface area contributed by atoms with Gasteiger partial charge in [-0.25, -0.2) is 0 Å². The largest absolute Gasteiger partial charge is 0.481 e. The first kappa shape index (κ1) is 23.6. The van der Waals surface area contributed by atoms with Gasteiger partial charge in [0.1, 0.15) is 6.04 Å². The van der Waals surface area contributed by atoms with Crippen LogP contribution in [0.3, 0.4) is 0 Å². The third-order valence-electron chi connectivity index (χ3n) is 6.68. The van der Waals surface area contributed by atoms with E-state index in [1.807, 2.05) is 0 Å². The van der Waals surface area contributed by atoms with E-state index in [0.717, 1.165) is 19.3 Å². The fraction of sp³-hybridized carbons (Fsp3) is 0.762. The van der Waals surface area contributed by atoms with E-state index < -0.39 is 34.6 Å². The zero-order valence-corrected chi connectivity index (χ0v) is 19.9. The molecule has 3 unspecified atom stereocenters. The molecule has 2 bridgehead atoms. The number of nitrogens with zero attached hydrogens (tertiary/aromatic N) is 2. The van der Waals surface area contributed by atoms with Crippen LogP contribution in [-0.2, 0) is 14.4 Å². The molecule has 2 N–H and O–H groups in total. The number of alkyl halides is 1. The first-order valence-electron chi connectivity index (χ1n) is 10.6. The molecule has 7 nitrogen and oxygen atoms in total. The lowest BCUT2D eigenvalue weighted by molar-refractivity contribution is -0.149. The van der Waals surface area contributed by atoms with Crippen LogP contribution in [-0.4, -0.2) is 84.4 Å². The maximum absolute atomic E-state index is 13.8. The second kappa shape index (κ2) is 9.20. The van der Waals surface area contributed by atoms with E-state index in [9.17, 15) is 24.6 Å². The zero-order chi connectivity index (χ0) is 22.2. The molecule has 2 amide bonds. The molecule has 30 heavy (non-hydrogen) atoms. The predicted octanol–water partition coefficient (Wildman–Crippen LogP) is 2.12. The Kier molecular flexibility index (Phi) is 7.24. The fourth-order valence-electron chi connectivity index (χ4n) is 5.36. The van der Waals surface area contributed by atoms with E-state index in [0.29, 0.717) is 19.5 Å². The molecule has 3 aliphatic rings. The Morgan fingerprint density at radius 2 is 2.17 bits per heavy atom. The second-order valence-electron chi connectivity index (χ2n) is 8.56. The summed E-state index contributed by atoms with van der Waals surface area (Å²) in [6.45, 7) is 8.26. The molecule has 0 aliphatic carbocycles. The lowest BCUT2D eigenvalue weighted by Gasteiger charge is -2.39. The molecule has 0 aromatic rings. The molecule has 0 aromatic heterocycles. The molecule has 3 aliphatic heterocycles. The number of likely N-dealkylation sites (tertiary alicyclic amines) is 1. The molecular formula is C21H31BrN2O5S. The lowest BCUT2D eigenvalue weighted by Crippen LogP contribution is -2.57. The molecule has 3 rings (SSSR count). The number of fused-ring (bicyclic) bond motifs is 1. The maximum atomic E-state index is 13.8. The highest BCUT2D eigenvalue weighted by Crippen LogP contribution is 2.68. The van der Waals surface area contributed by atoms with Crippen LogP contribution in [0.4, 0.5) is 0 Å². The van der Waals surface area contributed by atoms with Crippen LogP contribution < -0.4 is 0 Å². The average molecular weight is 503 g/mol. The first-order chi connectivity index (χ1) is 14.2. The van der Waals surface area contributed by atoms with Gasteiger partial charge in [0.05, 0.1) is 29.2 Å². The van der Waals surface area contributed by atoms with Crippen molar-refractivity contribution in [3.8, 4) is 0 Å².